The van der Waals surface area contributed by atoms with E-state index in [1.165, 1.54) is 48.5 Å². The summed E-state index contributed by atoms with van der Waals surface area (Å²) in [4.78, 5) is 26.1. The molecular weight excluding hydrogens is 418 g/mol. The summed E-state index contributed by atoms with van der Waals surface area (Å²) in [6, 6.07) is 12.5. The van der Waals surface area contributed by atoms with E-state index in [1.807, 2.05) is 6.07 Å². The summed E-state index contributed by atoms with van der Waals surface area (Å²) in [6.07, 6.45) is 0. The van der Waals surface area contributed by atoms with Crippen molar-refractivity contribution in [2.75, 3.05) is 13.2 Å². The van der Waals surface area contributed by atoms with Crippen LogP contribution in [0.3, 0.4) is 0 Å². The average Bonchev–Trinajstić information content (AvgIpc) is 3.04. The van der Waals surface area contributed by atoms with E-state index in [-0.39, 0.29) is 24.5 Å². The smallest absolute Gasteiger partial charge is 0.336 e. The highest BCUT2D eigenvalue weighted by atomic mass is 19.1. The van der Waals surface area contributed by atoms with E-state index in [4.69, 9.17) is 15.2 Å². The Bertz CT molecular complexity index is 1090. The fourth-order valence-electron chi connectivity index (χ4n) is 4.21. The highest BCUT2D eigenvalue weighted by Gasteiger charge is 2.62. The molecule has 32 heavy (non-hydrogen) atoms. The molecule has 0 amide bonds. The Labute approximate surface area is 184 Å². The highest BCUT2D eigenvalue weighted by molar-refractivity contribution is 5.98. The second-order valence-electron chi connectivity index (χ2n) is 7.25. The molecule has 1 aliphatic rings. The lowest BCUT2D eigenvalue weighted by Crippen LogP contribution is -2.40. The molecule has 3 atom stereocenters. The maximum atomic E-state index is 13.7. The van der Waals surface area contributed by atoms with Crippen LogP contribution in [0.5, 0.6) is 0 Å². The van der Waals surface area contributed by atoms with Crippen LogP contribution >= 0.6 is 0 Å². The summed E-state index contributed by atoms with van der Waals surface area (Å²) >= 11 is 0. The Morgan fingerprint density at radius 3 is 1.94 bits per heavy atom. The molecule has 2 aromatic rings. The van der Waals surface area contributed by atoms with Crippen molar-refractivity contribution in [3.8, 4) is 6.07 Å². The van der Waals surface area contributed by atoms with Crippen molar-refractivity contribution in [2.24, 2.45) is 11.1 Å². The summed E-state index contributed by atoms with van der Waals surface area (Å²) in [7, 11) is 0. The van der Waals surface area contributed by atoms with Crippen LogP contribution in [0.25, 0.3) is 0 Å². The number of hydrogen-bond donors (Lipinski definition) is 1. The summed E-state index contributed by atoms with van der Waals surface area (Å²) in [5, 5.41) is 10.3. The molecule has 2 N–H and O–H groups in total. The van der Waals surface area contributed by atoms with Gasteiger partial charge in [0.25, 0.3) is 0 Å². The van der Waals surface area contributed by atoms with Gasteiger partial charge in [-0.1, -0.05) is 24.3 Å². The number of ether oxygens (including phenoxy) is 2. The fraction of sp³-hybridized carbons (Fsp3) is 0.292. The van der Waals surface area contributed by atoms with Crippen LogP contribution in [-0.4, -0.2) is 25.2 Å². The Morgan fingerprint density at radius 2 is 1.47 bits per heavy atom. The average molecular weight is 440 g/mol. The molecule has 0 bridgehead atoms. The van der Waals surface area contributed by atoms with E-state index in [0.29, 0.717) is 11.1 Å². The van der Waals surface area contributed by atoms with E-state index in [9.17, 15) is 23.6 Å². The first-order chi connectivity index (χ1) is 15.3. The van der Waals surface area contributed by atoms with Crippen LogP contribution in [0.15, 0.2) is 59.8 Å². The van der Waals surface area contributed by atoms with Crippen molar-refractivity contribution >= 4 is 11.9 Å². The minimum atomic E-state index is -2.07. The first-order valence-corrected chi connectivity index (χ1v) is 10.1. The third-order valence-electron chi connectivity index (χ3n) is 5.55. The van der Waals surface area contributed by atoms with Gasteiger partial charge in [0.05, 0.1) is 30.6 Å². The molecule has 0 heterocycles. The monoisotopic (exact) mass is 440 g/mol. The molecule has 8 heteroatoms. The predicted molar refractivity (Wildman–Crippen MR) is 111 cm³/mol. The van der Waals surface area contributed by atoms with Gasteiger partial charge in [0.1, 0.15) is 11.6 Å². The van der Waals surface area contributed by atoms with Gasteiger partial charge in [-0.05, 0) is 49.2 Å². The molecule has 0 fully saturated rings. The van der Waals surface area contributed by atoms with E-state index < -0.39 is 40.8 Å². The number of benzene rings is 2. The van der Waals surface area contributed by atoms with E-state index in [0.717, 1.165) is 0 Å². The molecule has 0 saturated heterocycles. The van der Waals surface area contributed by atoms with Gasteiger partial charge < -0.3 is 15.2 Å². The van der Waals surface area contributed by atoms with Gasteiger partial charge in [-0.25, -0.2) is 18.4 Å². The Kier molecular flexibility index (Phi) is 6.58. The maximum Gasteiger partial charge on any atom is 0.336 e. The molecule has 166 valence electrons. The summed E-state index contributed by atoms with van der Waals surface area (Å²) in [5.41, 5.74) is 4.73. The number of nitrogens with zero attached hydrogens (tertiary/aromatic N) is 1. The molecule has 6 nitrogen and oxygen atoms in total. The fourth-order valence-corrected chi connectivity index (χ4v) is 4.21. The van der Waals surface area contributed by atoms with Gasteiger partial charge in [0.2, 0.25) is 5.41 Å². The number of esters is 2. The second-order valence-corrected chi connectivity index (χ2v) is 7.25. The zero-order valence-corrected chi connectivity index (χ0v) is 17.6. The lowest BCUT2D eigenvalue weighted by atomic mass is 9.69. The Balaban J connectivity index is 2.36. The van der Waals surface area contributed by atoms with Crippen molar-refractivity contribution < 1.29 is 27.8 Å². The SMILES string of the molecule is CCOC(=O)C1=C(N)[C@](C#N)(C(=O)OCC)[C@@H](c2ccc(F)cc2)[C@@H]1c1ccc(F)cc1. The largest absolute Gasteiger partial charge is 0.464 e. The summed E-state index contributed by atoms with van der Waals surface area (Å²) < 4.78 is 37.7. The van der Waals surface area contributed by atoms with E-state index in [2.05, 4.69) is 0 Å². The standard InChI is InChI=1S/C24H22F2N2O4/c1-3-31-22(29)19-18(14-5-9-16(25)10-6-14)20(15-7-11-17(26)12-8-15)24(13-27,21(19)28)23(30)32-4-2/h5-12,18,20H,3-4,28H2,1-2H3/t18-,20+,24-/m1/s1. The van der Waals surface area contributed by atoms with Crippen LogP contribution in [0.4, 0.5) is 8.78 Å². The molecule has 1 aliphatic carbocycles. The molecule has 2 aromatic carbocycles. The normalized spacial score (nSPS) is 22.3. The van der Waals surface area contributed by atoms with Crippen LogP contribution in [0, 0.1) is 28.4 Å². The van der Waals surface area contributed by atoms with Gasteiger partial charge in [0, 0.05) is 11.8 Å². The predicted octanol–water partition coefficient (Wildman–Crippen LogP) is 3.69. The van der Waals surface area contributed by atoms with Gasteiger partial charge >= 0.3 is 11.9 Å². The number of nitriles is 1. The molecule has 0 unspecified atom stereocenters. The summed E-state index contributed by atoms with van der Waals surface area (Å²) in [6.45, 7) is 3.19. The number of carbonyl (C=O) groups excluding carboxylic acids is 2. The van der Waals surface area contributed by atoms with E-state index >= 15 is 0 Å². The third kappa shape index (κ3) is 3.71. The molecule has 0 spiro atoms. The van der Waals surface area contributed by atoms with Crippen molar-refractivity contribution in [3.63, 3.8) is 0 Å². The first kappa shape index (κ1) is 22.9. The van der Waals surface area contributed by atoms with E-state index in [1.54, 1.807) is 13.8 Å². The molecule has 0 radical (unpaired) electrons. The van der Waals surface area contributed by atoms with Crippen molar-refractivity contribution in [2.45, 2.75) is 25.7 Å². The first-order valence-electron chi connectivity index (χ1n) is 10.1. The lowest BCUT2D eigenvalue weighted by Gasteiger charge is -2.32. The Hall–Kier alpha value is -3.73. The highest BCUT2D eigenvalue weighted by Crippen LogP contribution is 2.59. The van der Waals surface area contributed by atoms with Gasteiger partial charge in [-0.3, -0.25) is 0 Å². The minimum Gasteiger partial charge on any atom is -0.464 e. The molecular formula is C24H22F2N2O4. The number of nitrogens with two attached hydrogens (primary N) is 1. The second kappa shape index (κ2) is 9.18. The van der Waals surface area contributed by atoms with Gasteiger partial charge in [-0.2, -0.15) is 5.26 Å². The maximum absolute atomic E-state index is 13.7. The molecule has 0 aliphatic heterocycles. The van der Waals surface area contributed by atoms with Crippen molar-refractivity contribution in [1.29, 1.82) is 5.26 Å². The minimum absolute atomic E-state index is 0.0262. The van der Waals surface area contributed by atoms with Crippen molar-refractivity contribution in [1.82, 2.24) is 0 Å². The lowest BCUT2D eigenvalue weighted by molar-refractivity contribution is -0.151. The quantitative estimate of drug-likeness (QED) is 0.688. The van der Waals surface area contributed by atoms with Crippen LogP contribution in [0.1, 0.15) is 36.8 Å². The number of halogens is 2. The zero-order valence-electron chi connectivity index (χ0n) is 17.6. The number of hydrogen-bond acceptors (Lipinski definition) is 6. The van der Waals surface area contributed by atoms with Crippen LogP contribution in [-0.2, 0) is 19.1 Å². The summed E-state index contributed by atoms with van der Waals surface area (Å²) in [5.74, 6) is -4.73. The molecule has 0 aromatic heterocycles. The number of rotatable bonds is 6. The molecule has 0 saturated carbocycles. The Morgan fingerprint density at radius 1 is 0.969 bits per heavy atom. The number of carbonyl (C=O) groups is 2. The topological polar surface area (TPSA) is 102 Å². The third-order valence-corrected chi connectivity index (χ3v) is 5.55. The zero-order chi connectivity index (χ0) is 23.5. The van der Waals surface area contributed by atoms with Gasteiger partial charge in [-0.15, -0.1) is 0 Å². The van der Waals surface area contributed by atoms with Gasteiger partial charge in [0.15, 0.2) is 0 Å². The molecule has 3 rings (SSSR count). The van der Waals surface area contributed by atoms with Crippen LogP contribution < -0.4 is 5.73 Å². The van der Waals surface area contributed by atoms with Crippen LogP contribution in [0.2, 0.25) is 0 Å². The van der Waals surface area contributed by atoms with Crippen molar-refractivity contribution in [3.05, 3.63) is 82.6 Å².